The molecule has 0 bridgehead atoms. The fourth-order valence-corrected chi connectivity index (χ4v) is 5.31. The van der Waals surface area contributed by atoms with E-state index >= 15 is 0 Å². The monoisotopic (exact) mass is 432 g/mol. The second-order valence-corrected chi connectivity index (χ2v) is 9.48. The first kappa shape index (κ1) is 23.5. The third-order valence-corrected chi connectivity index (χ3v) is 6.77. The number of fused-ring (bicyclic) bond motifs is 1. The molecule has 3 rings (SSSR count). The zero-order valence-corrected chi connectivity index (χ0v) is 20.0. The molecule has 0 aliphatic heterocycles. The lowest BCUT2D eigenvalue weighted by Crippen LogP contribution is -2.30. The molecule has 1 N–H and O–H groups in total. The molecule has 0 unspecified atom stereocenters. The molecule has 0 spiro atoms. The summed E-state index contributed by atoms with van der Waals surface area (Å²) in [6.07, 6.45) is 1.55. The molecular formula is C25H36O6. The number of rotatable bonds is 5. The van der Waals surface area contributed by atoms with E-state index in [9.17, 15) is 9.90 Å². The van der Waals surface area contributed by atoms with Crippen molar-refractivity contribution in [2.45, 2.75) is 78.4 Å². The van der Waals surface area contributed by atoms with E-state index in [0.717, 1.165) is 34.3 Å². The number of aliphatic hydroxyl groups is 1. The lowest BCUT2D eigenvalue weighted by atomic mass is 9.69. The Balaban J connectivity index is 2.40. The van der Waals surface area contributed by atoms with E-state index in [2.05, 4.69) is 27.7 Å². The number of esters is 1. The van der Waals surface area contributed by atoms with E-state index in [4.69, 9.17) is 18.9 Å². The summed E-state index contributed by atoms with van der Waals surface area (Å²) in [5.41, 5.74) is 4.61. The van der Waals surface area contributed by atoms with Crippen molar-refractivity contribution in [1.29, 1.82) is 0 Å². The van der Waals surface area contributed by atoms with E-state index in [1.54, 1.807) is 21.3 Å². The Morgan fingerprint density at radius 1 is 1.06 bits per heavy atom. The van der Waals surface area contributed by atoms with Crippen LogP contribution in [0.1, 0.15) is 82.6 Å². The summed E-state index contributed by atoms with van der Waals surface area (Å²) >= 11 is 0. The highest BCUT2D eigenvalue weighted by Crippen LogP contribution is 2.56. The largest absolute Gasteiger partial charge is 0.496 e. The molecule has 0 saturated heterocycles. The molecule has 0 saturated carbocycles. The first-order valence-corrected chi connectivity index (χ1v) is 11.0. The third-order valence-electron chi connectivity index (χ3n) is 6.77. The highest BCUT2D eigenvalue weighted by Gasteiger charge is 2.42. The SMILES string of the molecule is COc1c2c(c(OC)c(C(C)C)c1OC)[C@@H](OC(C)=O)CC1=C(C2)[C@H](O)CCC1(C)C. The van der Waals surface area contributed by atoms with Gasteiger partial charge in [-0.3, -0.25) is 4.79 Å². The summed E-state index contributed by atoms with van der Waals surface area (Å²) in [4.78, 5) is 12.1. The van der Waals surface area contributed by atoms with E-state index in [0.29, 0.717) is 36.5 Å². The predicted octanol–water partition coefficient (Wildman–Crippen LogP) is 4.86. The van der Waals surface area contributed by atoms with E-state index in [-0.39, 0.29) is 17.3 Å². The summed E-state index contributed by atoms with van der Waals surface area (Å²) in [6, 6.07) is 0. The van der Waals surface area contributed by atoms with Gasteiger partial charge in [-0.05, 0) is 29.7 Å². The van der Waals surface area contributed by atoms with Crippen molar-refractivity contribution in [3.05, 3.63) is 27.8 Å². The van der Waals surface area contributed by atoms with Gasteiger partial charge in [0.25, 0.3) is 0 Å². The normalized spacial score (nSPS) is 22.4. The Morgan fingerprint density at radius 2 is 1.68 bits per heavy atom. The molecule has 0 heterocycles. The third kappa shape index (κ3) is 4.02. The summed E-state index contributed by atoms with van der Waals surface area (Å²) in [5.74, 6) is 1.65. The molecule has 0 fully saturated rings. The molecule has 0 radical (unpaired) electrons. The lowest BCUT2D eigenvalue weighted by molar-refractivity contribution is -0.146. The van der Waals surface area contributed by atoms with Crippen LogP contribution in [0.2, 0.25) is 0 Å². The van der Waals surface area contributed by atoms with Crippen LogP contribution in [-0.4, -0.2) is 38.5 Å². The Morgan fingerprint density at radius 3 is 2.19 bits per heavy atom. The molecule has 0 aromatic heterocycles. The van der Waals surface area contributed by atoms with Crippen LogP contribution in [0.4, 0.5) is 0 Å². The molecule has 172 valence electrons. The maximum Gasteiger partial charge on any atom is 0.303 e. The fraction of sp³-hybridized carbons (Fsp3) is 0.640. The number of methoxy groups -OCH3 is 3. The maximum atomic E-state index is 12.1. The lowest BCUT2D eigenvalue weighted by Gasteiger charge is -2.38. The van der Waals surface area contributed by atoms with Crippen LogP contribution in [0.5, 0.6) is 17.2 Å². The Kier molecular flexibility index (Phi) is 6.61. The molecular weight excluding hydrogens is 396 g/mol. The minimum Gasteiger partial charge on any atom is -0.496 e. The Bertz CT molecular complexity index is 896. The average molecular weight is 433 g/mol. The highest BCUT2D eigenvalue weighted by atomic mass is 16.5. The molecule has 2 aliphatic carbocycles. The molecule has 2 atom stereocenters. The van der Waals surface area contributed by atoms with Crippen molar-refractivity contribution >= 4 is 5.97 Å². The minimum atomic E-state index is -0.531. The first-order valence-electron chi connectivity index (χ1n) is 11.0. The van der Waals surface area contributed by atoms with Crippen LogP contribution < -0.4 is 14.2 Å². The molecule has 1 aromatic carbocycles. The summed E-state index contributed by atoms with van der Waals surface area (Å²) in [6.45, 7) is 9.96. The highest BCUT2D eigenvalue weighted by molar-refractivity contribution is 5.70. The van der Waals surface area contributed by atoms with Crippen molar-refractivity contribution in [3.63, 3.8) is 0 Å². The molecule has 31 heavy (non-hydrogen) atoms. The number of ether oxygens (including phenoxy) is 4. The number of benzene rings is 1. The topological polar surface area (TPSA) is 74.2 Å². The predicted molar refractivity (Wildman–Crippen MR) is 119 cm³/mol. The molecule has 6 heteroatoms. The van der Waals surface area contributed by atoms with Crippen molar-refractivity contribution in [2.24, 2.45) is 5.41 Å². The second kappa shape index (κ2) is 8.73. The average Bonchev–Trinajstić information content (AvgIpc) is 2.87. The van der Waals surface area contributed by atoms with Crippen LogP contribution in [0, 0.1) is 5.41 Å². The fourth-order valence-electron chi connectivity index (χ4n) is 5.31. The van der Waals surface area contributed by atoms with Crippen LogP contribution in [0.3, 0.4) is 0 Å². The zero-order chi connectivity index (χ0) is 23.1. The second-order valence-electron chi connectivity index (χ2n) is 9.48. The van der Waals surface area contributed by atoms with Crippen molar-refractivity contribution in [1.82, 2.24) is 0 Å². The molecule has 1 aromatic rings. The van der Waals surface area contributed by atoms with Crippen LogP contribution in [0.15, 0.2) is 11.1 Å². The molecule has 0 amide bonds. The number of hydrogen-bond donors (Lipinski definition) is 1. The van der Waals surface area contributed by atoms with Gasteiger partial charge in [-0.25, -0.2) is 0 Å². The minimum absolute atomic E-state index is 0.0925. The van der Waals surface area contributed by atoms with Crippen LogP contribution in [0.25, 0.3) is 0 Å². The number of hydrogen-bond acceptors (Lipinski definition) is 6. The molecule has 6 nitrogen and oxygen atoms in total. The van der Waals surface area contributed by atoms with Gasteiger partial charge in [0.05, 0.1) is 27.4 Å². The summed E-state index contributed by atoms with van der Waals surface area (Å²) in [5, 5.41) is 10.9. The van der Waals surface area contributed by atoms with Crippen molar-refractivity contribution < 1.29 is 28.8 Å². The smallest absolute Gasteiger partial charge is 0.303 e. The van der Waals surface area contributed by atoms with Gasteiger partial charge in [0.2, 0.25) is 0 Å². The van der Waals surface area contributed by atoms with E-state index < -0.39 is 12.2 Å². The number of carbonyl (C=O) groups is 1. The first-order chi connectivity index (χ1) is 14.6. The standard InChI is InChI=1S/C25H36O6/c1-13(2)20-23(29-7)21-16(22(28-6)24(20)30-8)11-15-17(12-19(21)31-14(3)26)25(4,5)10-9-18(15)27/h13,18-19,27H,9-12H2,1-8H3/t18-,19+/m1/s1. The van der Waals surface area contributed by atoms with Crippen LogP contribution in [-0.2, 0) is 16.0 Å². The van der Waals surface area contributed by atoms with Gasteiger partial charge in [0.1, 0.15) is 11.9 Å². The van der Waals surface area contributed by atoms with E-state index in [1.807, 2.05) is 0 Å². The Hall–Kier alpha value is -2.21. The van der Waals surface area contributed by atoms with Gasteiger partial charge in [-0.2, -0.15) is 0 Å². The van der Waals surface area contributed by atoms with Gasteiger partial charge in [0.15, 0.2) is 11.5 Å². The molecule has 2 aliphatic rings. The van der Waals surface area contributed by atoms with Gasteiger partial charge in [0, 0.05) is 36.5 Å². The summed E-state index contributed by atoms with van der Waals surface area (Å²) < 4.78 is 23.5. The van der Waals surface area contributed by atoms with Gasteiger partial charge >= 0.3 is 5.97 Å². The Labute approximate surface area is 185 Å². The number of aliphatic hydroxyl groups excluding tert-OH is 1. The van der Waals surface area contributed by atoms with Crippen molar-refractivity contribution in [2.75, 3.05) is 21.3 Å². The van der Waals surface area contributed by atoms with Gasteiger partial charge in [-0.15, -0.1) is 0 Å². The van der Waals surface area contributed by atoms with Crippen molar-refractivity contribution in [3.8, 4) is 17.2 Å². The van der Waals surface area contributed by atoms with Gasteiger partial charge < -0.3 is 24.1 Å². The van der Waals surface area contributed by atoms with E-state index in [1.165, 1.54) is 6.92 Å². The van der Waals surface area contributed by atoms with Gasteiger partial charge in [-0.1, -0.05) is 33.3 Å². The number of carbonyl (C=O) groups excluding carboxylic acids is 1. The quantitative estimate of drug-likeness (QED) is 0.529. The zero-order valence-electron chi connectivity index (χ0n) is 20.0. The van der Waals surface area contributed by atoms with Crippen LogP contribution >= 0.6 is 0 Å². The maximum absolute atomic E-state index is 12.1. The summed E-state index contributed by atoms with van der Waals surface area (Å²) in [7, 11) is 4.88.